The number of carbonyl (C=O) groups excluding carboxylic acids is 1. The average Bonchev–Trinajstić information content (AvgIpc) is 2.87. The fourth-order valence-corrected chi connectivity index (χ4v) is 3.13. The molecule has 2 N–H and O–H groups in total. The first-order valence-electron chi connectivity index (χ1n) is 6.75. The molecule has 0 unspecified atom stereocenters. The van der Waals surface area contributed by atoms with Crippen LogP contribution in [0.3, 0.4) is 0 Å². The van der Waals surface area contributed by atoms with E-state index in [1.807, 2.05) is 49.4 Å². The van der Waals surface area contributed by atoms with Gasteiger partial charge in [0, 0.05) is 10.2 Å². The van der Waals surface area contributed by atoms with Gasteiger partial charge in [0.25, 0.3) is 0 Å². The second-order valence-corrected chi connectivity index (χ2v) is 6.79. The third-order valence-electron chi connectivity index (χ3n) is 3.06. The molecule has 0 saturated carbocycles. The predicted octanol–water partition coefficient (Wildman–Crippen LogP) is 4.36. The molecule has 0 spiro atoms. The lowest BCUT2D eigenvalue weighted by molar-refractivity contribution is -0.113. The van der Waals surface area contributed by atoms with Crippen molar-refractivity contribution in [2.45, 2.75) is 12.1 Å². The first-order valence-corrected chi connectivity index (χ1v) is 8.52. The van der Waals surface area contributed by atoms with E-state index in [0.29, 0.717) is 5.75 Å². The highest BCUT2D eigenvalue weighted by atomic mass is 79.9. The van der Waals surface area contributed by atoms with Gasteiger partial charge in [-0.05, 0) is 42.8 Å². The Morgan fingerprint density at radius 2 is 2.18 bits per heavy atom. The largest absolute Gasteiger partial charge is 0.333 e. The molecular formula is C16H14BrN3OS. The summed E-state index contributed by atoms with van der Waals surface area (Å²) in [5.74, 6) is 0.270. The molecule has 3 rings (SSSR count). The van der Waals surface area contributed by atoms with Crippen LogP contribution in [0.5, 0.6) is 0 Å². The standard InChI is InChI=1S/C16H14BrN3OS/c1-10-3-2-4-12(7-10)18-15(21)9-22-16-19-13-6-5-11(17)8-14(13)20-16/h2-8H,9H2,1H3,(H,18,21)(H,19,20). The van der Waals surface area contributed by atoms with E-state index in [9.17, 15) is 4.79 Å². The van der Waals surface area contributed by atoms with E-state index in [-0.39, 0.29) is 5.91 Å². The van der Waals surface area contributed by atoms with Crippen molar-refractivity contribution in [1.29, 1.82) is 0 Å². The number of aryl methyl sites for hydroxylation is 1. The molecule has 0 aliphatic heterocycles. The van der Waals surface area contributed by atoms with Crippen molar-refractivity contribution in [3.05, 3.63) is 52.5 Å². The number of thioether (sulfide) groups is 1. The van der Waals surface area contributed by atoms with Crippen molar-refractivity contribution in [2.75, 3.05) is 11.1 Å². The molecular weight excluding hydrogens is 362 g/mol. The van der Waals surface area contributed by atoms with Crippen LogP contribution in [0, 0.1) is 6.92 Å². The number of benzene rings is 2. The summed E-state index contributed by atoms with van der Waals surface area (Å²) in [4.78, 5) is 19.6. The van der Waals surface area contributed by atoms with Gasteiger partial charge in [0.1, 0.15) is 0 Å². The van der Waals surface area contributed by atoms with Crippen LogP contribution >= 0.6 is 27.7 Å². The van der Waals surface area contributed by atoms with Gasteiger partial charge in [0.15, 0.2) is 5.16 Å². The van der Waals surface area contributed by atoms with Gasteiger partial charge < -0.3 is 10.3 Å². The Hall–Kier alpha value is -1.79. The highest BCUT2D eigenvalue weighted by Crippen LogP contribution is 2.22. The normalized spacial score (nSPS) is 10.8. The maximum absolute atomic E-state index is 12.0. The molecule has 3 aromatic rings. The minimum atomic E-state index is -0.0442. The molecule has 22 heavy (non-hydrogen) atoms. The van der Waals surface area contributed by atoms with E-state index >= 15 is 0 Å². The SMILES string of the molecule is Cc1cccc(NC(=O)CSc2nc3ccc(Br)cc3[nH]2)c1. The third kappa shape index (κ3) is 3.69. The Labute approximate surface area is 140 Å². The summed E-state index contributed by atoms with van der Waals surface area (Å²) in [6.07, 6.45) is 0. The van der Waals surface area contributed by atoms with Gasteiger partial charge in [0.2, 0.25) is 5.91 Å². The van der Waals surface area contributed by atoms with E-state index in [0.717, 1.165) is 31.9 Å². The fourth-order valence-electron chi connectivity index (χ4n) is 2.08. The Kier molecular flexibility index (Phi) is 4.49. The van der Waals surface area contributed by atoms with Crippen LogP contribution in [-0.2, 0) is 4.79 Å². The van der Waals surface area contributed by atoms with E-state index in [2.05, 4.69) is 31.2 Å². The number of anilines is 1. The van der Waals surface area contributed by atoms with Crippen LogP contribution in [0.25, 0.3) is 11.0 Å². The molecule has 6 heteroatoms. The molecule has 4 nitrogen and oxygen atoms in total. The number of fused-ring (bicyclic) bond motifs is 1. The van der Waals surface area contributed by atoms with E-state index in [1.54, 1.807) is 0 Å². The van der Waals surface area contributed by atoms with Crippen LogP contribution in [0.4, 0.5) is 5.69 Å². The summed E-state index contributed by atoms with van der Waals surface area (Å²) in [5.41, 5.74) is 3.79. The number of hydrogen-bond donors (Lipinski definition) is 2. The fraction of sp³-hybridized carbons (Fsp3) is 0.125. The second-order valence-electron chi connectivity index (χ2n) is 4.91. The molecule has 1 heterocycles. The first kappa shape index (κ1) is 15.1. The molecule has 1 amide bonds. The zero-order valence-electron chi connectivity index (χ0n) is 11.9. The van der Waals surface area contributed by atoms with Crippen molar-refractivity contribution < 1.29 is 4.79 Å². The number of carbonyl (C=O) groups is 1. The van der Waals surface area contributed by atoms with Crippen LogP contribution in [0.2, 0.25) is 0 Å². The molecule has 1 aromatic heterocycles. The number of halogens is 1. The maximum atomic E-state index is 12.0. The number of rotatable bonds is 4. The van der Waals surface area contributed by atoms with E-state index in [4.69, 9.17) is 0 Å². The monoisotopic (exact) mass is 375 g/mol. The number of H-pyrrole nitrogens is 1. The Morgan fingerprint density at radius 3 is 3.00 bits per heavy atom. The lowest BCUT2D eigenvalue weighted by atomic mass is 10.2. The summed E-state index contributed by atoms with van der Waals surface area (Å²) in [6, 6.07) is 13.6. The van der Waals surface area contributed by atoms with Crippen molar-refractivity contribution in [3.8, 4) is 0 Å². The summed E-state index contributed by atoms with van der Waals surface area (Å²) in [6.45, 7) is 2.00. The Morgan fingerprint density at radius 1 is 1.32 bits per heavy atom. The number of amides is 1. The first-order chi connectivity index (χ1) is 10.6. The molecule has 0 bridgehead atoms. The third-order valence-corrected chi connectivity index (χ3v) is 4.43. The van der Waals surface area contributed by atoms with Gasteiger partial charge in [-0.3, -0.25) is 4.79 Å². The lowest BCUT2D eigenvalue weighted by Gasteiger charge is -2.04. The molecule has 0 atom stereocenters. The van der Waals surface area contributed by atoms with Crippen LogP contribution in [0.15, 0.2) is 52.1 Å². The number of aromatic amines is 1. The number of nitrogens with zero attached hydrogens (tertiary/aromatic N) is 1. The van der Waals surface area contributed by atoms with Crippen molar-refractivity contribution in [2.24, 2.45) is 0 Å². The van der Waals surface area contributed by atoms with Crippen LogP contribution < -0.4 is 5.32 Å². The molecule has 0 saturated heterocycles. The summed E-state index contributed by atoms with van der Waals surface area (Å²) < 4.78 is 0.998. The molecule has 0 aliphatic rings. The second kappa shape index (κ2) is 6.54. The topological polar surface area (TPSA) is 57.8 Å². The minimum absolute atomic E-state index is 0.0442. The Bertz CT molecular complexity index is 831. The van der Waals surface area contributed by atoms with E-state index in [1.165, 1.54) is 11.8 Å². The number of hydrogen-bond acceptors (Lipinski definition) is 3. The van der Waals surface area contributed by atoms with Gasteiger partial charge in [0.05, 0.1) is 16.8 Å². The van der Waals surface area contributed by atoms with Gasteiger partial charge in [-0.15, -0.1) is 0 Å². The van der Waals surface area contributed by atoms with Gasteiger partial charge in [-0.25, -0.2) is 4.98 Å². The molecule has 112 valence electrons. The van der Waals surface area contributed by atoms with Gasteiger partial charge in [-0.1, -0.05) is 39.8 Å². The van der Waals surface area contributed by atoms with Gasteiger partial charge >= 0.3 is 0 Å². The maximum Gasteiger partial charge on any atom is 0.234 e. The van der Waals surface area contributed by atoms with E-state index < -0.39 is 0 Å². The quantitative estimate of drug-likeness (QED) is 0.665. The number of aromatic nitrogens is 2. The molecule has 2 aromatic carbocycles. The summed E-state index contributed by atoms with van der Waals surface area (Å²) >= 11 is 4.82. The van der Waals surface area contributed by atoms with Crippen LogP contribution in [0.1, 0.15) is 5.56 Å². The minimum Gasteiger partial charge on any atom is -0.333 e. The zero-order valence-corrected chi connectivity index (χ0v) is 14.3. The Balaban J connectivity index is 1.62. The summed E-state index contributed by atoms with van der Waals surface area (Å²) in [7, 11) is 0. The zero-order chi connectivity index (χ0) is 15.5. The summed E-state index contributed by atoms with van der Waals surface area (Å²) in [5, 5.41) is 3.63. The molecule has 0 fully saturated rings. The molecule has 0 radical (unpaired) electrons. The highest BCUT2D eigenvalue weighted by molar-refractivity contribution is 9.10. The highest BCUT2D eigenvalue weighted by Gasteiger charge is 2.08. The smallest absolute Gasteiger partial charge is 0.234 e. The average molecular weight is 376 g/mol. The molecule has 0 aliphatic carbocycles. The number of imidazole rings is 1. The van der Waals surface area contributed by atoms with Crippen molar-refractivity contribution >= 4 is 50.3 Å². The lowest BCUT2D eigenvalue weighted by Crippen LogP contribution is -2.14. The van der Waals surface area contributed by atoms with Crippen LogP contribution in [-0.4, -0.2) is 21.6 Å². The number of nitrogens with one attached hydrogen (secondary N) is 2. The van der Waals surface area contributed by atoms with Crippen molar-refractivity contribution in [1.82, 2.24) is 9.97 Å². The van der Waals surface area contributed by atoms with Crippen molar-refractivity contribution in [3.63, 3.8) is 0 Å². The predicted molar refractivity (Wildman–Crippen MR) is 94.3 cm³/mol. The van der Waals surface area contributed by atoms with Gasteiger partial charge in [-0.2, -0.15) is 0 Å².